The van der Waals surface area contributed by atoms with Crippen LogP contribution in [0, 0.1) is 6.92 Å². The van der Waals surface area contributed by atoms with Gasteiger partial charge in [-0.1, -0.05) is 48.2 Å². The maximum atomic E-state index is 12.2. The number of rotatable bonds is 8. The maximum absolute atomic E-state index is 12.2. The lowest BCUT2D eigenvalue weighted by Crippen LogP contribution is -2.31. The van der Waals surface area contributed by atoms with Crippen molar-refractivity contribution in [1.82, 2.24) is 20.1 Å². The molecule has 0 aliphatic heterocycles. The highest BCUT2D eigenvalue weighted by molar-refractivity contribution is 8.00. The predicted octanol–water partition coefficient (Wildman–Crippen LogP) is 3.68. The summed E-state index contributed by atoms with van der Waals surface area (Å²) in [5.41, 5.74) is 2.03. The van der Waals surface area contributed by atoms with Gasteiger partial charge in [-0.2, -0.15) is 0 Å². The maximum Gasteiger partial charge on any atom is 0.233 e. The van der Waals surface area contributed by atoms with Gasteiger partial charge in [0.25, 0.3) is 0 Å². The number of hydrogen-bond donors (Lipinski definition) is 1. The number of amides is 1. The van der Waals surface area contributed by atoms with Crippen LogP contribution in [0.5, 0.6) is 0 Å². The Hall–Kier alpha value is -2.80. The monoisotopic (exact) mass is 382 g/mol. The van der Waals surface area contributed by atoms with Crippen LogP contribution in [0.4, 0.5) is 0 Å². The van der Waals surface area contributed by atoms with Gasteiger partial charge in [0.15, 0.2) is 11.0 Å². The van der Waals surface area contributed by atoms with Gasteiger partial charge in [0.05, 0.1) is 23.6 Å². The number of benzene rings is 1. The highest BCUT2D eigenvalue weighted by atomic mass is 32.2. The number of aromatic nitrogens is 3. The van der Waals surface area contributed by atoms with Crippen molar-refractivity contribution in [3.05, 3.63) is 66.6 Å². The second kappa shape index (κ2) is 8.73. The van der Waals surface area contributed by atoms with E-state index >= 15 is 0 Å². The fourth-order valence-corrected chi connectivity index (χ4v) is 3.50. The number of furan rings is 1. The average molecular weight is 382 g/mol. The molecule has 1 amide bonds. The summed E-state index contributed by atoms with van der Waals surface area (Å²) in [6.07, 6.45) is 3.30. The zero-order valence-corrected chi connectivity index (χ0v) is 16.2. The van der Waals surface area contributed by atoms with Crippen LogP contribution in [0.25, 0.3) is 11.4 Å². The van der Waals surface area contributed by atoms with Gasteiger partial charge >= 0.3 is 0 Å². The van der Waals surface area contributed by atoms with Crippen molar-refractivity contribution in [3.63, 3.8) is 0 Å². The Bertz CT molecular complexity index is 917. The molecule has 27 heavy (non-hydrogen) atoms. The summed E-state index contributed by atoms with van der Waals surface area (Å²) >= 11 is 1.38. The summed E-state index contributed by atoms with van der Waals surface area (Å²) in [6, 6.07) is 12.0. The van der Waals surface area contributed by atoms with Crippen molar-refractivity contribution in [2.24, 2.45) is 0 Å². The first-order valence-corrected chi connectivity index (χ1v) is 9.55. The van der Waals surface area contributed by atoms with Crippen LogP contribution in [0.2, 0.25) is 0 Å². The molecule has 2 heterocycles. The van der Waals surface area contributed by atoms with Crippen LogP contribution in [-0.2, 0) is 11.3 Å². The van der Waals surface area contributed by atoms with E-state index in [1.54, 1.807) is 12.3 Å². The van der Waals surface area contributed by atoms with E-state index in [-0.39, 0.29) is 11.2 Å². The van der Waals surface area contributed by atoms with Gasteiger partial charge in [0.2, 0.25) is 5.91 Å². The standard InChI is InChI=1S/C20H22N4O2S/c1-4-11-21-19(25)15(3)27-20-23-22-18(17-10-12-26-14(17)2)24(20)13-16-8-6-5-7-9-16/h4-10,12,15H,1,11,13H2,2-3H3,(H,21,25). The van der Waals surface area contributed by atoms with Gasteiger partial charge in [0, 0.05) is 6.54 Å². The van der Waals surface area contributed by atoms with E-state index in [0.29, 0.717) is 18.2 Å². The number of carbonyl (C=O) groups excluding carboxylic acids is 1. The molecular formula is C20H22N4O2S. The third-order valence-corrected chi connectivity index (χ3v) is 5.15. The quantitative estimate of drug-likeness (QED) is 0.475. The van der Waals surface area contributed by atoms with E-state index in [1.807, 2.05) is 42.7 Å². The largest absolute Gasteiger partial charge is 0.469 e. The number of carbonyl (C=O) groups is 1. The third-order valence-electron chi connectivity index (χ3n) is 4.07. The van der Waals surface area contributed by atoms with Gasteiger partial charge in [-0.3, -0.25) is 9.36 Å². The van der Waals surface area contributed by atoms with E-state index in [1.165, 1.54) is 11.8 Å². The average Bonchev–Trinajstić information content (AvgIpc) is 3.26. The molecule has 0 fully saturated rings. The summed E-state index contributed by atoms with van der Waals surface area (Å²) in [5, 5.41) is 11.9. The molecule has 0 aliphatic rings. The third kappa shape index (κ3) is 4.49. The molecule has 7 heteroatoms. The lowest BCUT2D eigenvalue weighted by Gasteiger charge is -2.13. The van der Waals surface area contributed by atoms with E-state index in [2.05, 4.69) is 34.2 Å². The normalized spacial score (nSPS) is 11.9. The number of hydrogen-bond acceptors (Lipinski definition) is 5. The lowest BCUT2D eigenvalue weighted by atomic mass is 10.2. The minimum Gasteiger partial charge on any atom is -0.469 e. The van der Waals surface area contributed by atoms with Gasteiger partial charge in [-0.15, -0.1) is 16.8 Å². The molecule has 0 bridgehead atoms. The Morgan fingerprint density at radius 1 is 1.33 bits per heavy atom. The lowest BCUT2D eigenvalue weighted by molar-refractivity contribution is -0.120. The molecule has 6 nitrogen and oxygen atoms in total. The van der Waals surface area contributed by atoms with Crippen molar-refractivity contribution < 1.29 is 9.21 Å². The van der Waals surface area contributed by atoms with Crippen LogP contribution in [0.15, 0.2) is 64.9 Å². The van der Waals surface area contributed by atoms with Crippen LogP contribution in [-0.4, -0.2) is 32.5 Å². The van der Waals surface area contributed by atoms with Gasteiger partial charge in [-0.05, 0) is 25.5 Å². The molecule has 1 unspecified atom stereocenters. The number of nitrogens with one attached hydrogen (secondary N) is 1. The first kappa shape index (κ1) is 19.0. The first-order valence-electron chi connectivity index (χ1n) is 8.67. The van der Waals surface area contributed by atoms with Crippen LogP contribution in [0.3, 0.4) is 0 Å². The molecule has 0 radical (unpaired) electrons. The Balaban J connectivity index is 1.91. The van der Waals surface area contributed by atoms with Gasteiger partial charge in [0.1, 0.15) is 5.76 Å². The van der Waals surface area contributed by atoms with Crippen molar-refractivity contribution in [1.29, 1.82) is 0 Å². The number of aryl methyl sites for hydroxylation is 1. The second-order valence-electron chi connectivity index (χ2n) is 6.06. The number of nitrogens with zero attached hydrogens (tertiary/aromatic N) is 3. The topological polar surface area (TPSA) is 73.0 Å². The molecule has 3 aromatic rings. The minimum absolute atomic E-state index is 0.0600. The zero-order chi connectivity index (χ0) is 19.2. The molecule has 2 aromatic heterocycles. The van der Waals surface area contributed by atoms with Crippen LogP contribution >= 0.6 is 11.8 Å². The van der Waals surface area contributed by atoms with Crippen LogP contribution < -0.4 is 5.32 Å². The fourth-order valence-electron chi connectivity index (χ4n) is 2.63. The Kier molecular flexibility index (Phi) is 6.13. The summed E-state index contributed by atoms with van der Waals surface area (Å²) in [5.74, 6) is 1.45. The molecular weight excluding hydrogens is 360 g/mol. The van der Waals surface area contributed by atoms with Crippen molar-refractivity contribution in [2.75, 3.05) is 6.54 Å². The predicted molar refractivity (Wildman–Crippen MR) is 107 cm³/mol. The van der Waals surface area contributed by atoms with Crippen LogP contribution in [0.1, 0.15) is 18.2 Å². The Morgan fingerprint density at radius 3 is 2.78 bits per heavy atom. The van der Waals surface area contributed by atoms with E-state index in [0.717, 1.165) is 22.7 Å². The molecule has 140 valence electrons. The summed E-state index contributed by atoms with van der Waals surface area (Å²) in [4.78, 5) is 12.2. The number of thioether (sulfide) groups is 1. The first-order chi connectivity index (χ1) is 13.1. The molecule has 1 atom stereocenters. The van der Waals surface area contributed by atoms with E-state index < -0.39 is 0 Å². The van der Waals surface area contributed by atoms with Gasteiger partial charge in [-0.25, -0.2) is 0 Å². The highest BCUT2D eigenvalue weighted by Crippen LogP contribution is 2.29. The molecule has 0 aliphatic carbocycles. The Morgan fingerprint density at radius 2 is 2.11 bits per heavy atom. The zero-order valence-electron chi connectivity index (χ0n) is 15.4. The molecule has 3 rings (SSSR count). The molecule has 1 aromatic carbocycles. The highest BCUT2D eigenvalue weighted by Gasteiger charge is 2.22. The van der Waals surface area contributed by atoms with Gasteiger partial charge < -0.3 is 9.73 Å². The van der Waals surface area contributed by atoms with E-state index in [4.69, 9.17) is 4.42 Å². The molecule has 0 spiro atoms. The smallest absolute Gasteiger partial charge is 0.233 e. The summed E-state index contributed by atoms with van der Waals surface area (Å²) in [6.45, 7) is 8.43. The Labute approximate surface area is 162 Å². The van der Waals surface area contributed by atoms with Crippen molar-refractivity contribution in [2.45, 2.75) is 30.8 Å². The second-order valence-corrected chi connectivity index (χ2v) is 7.37. The van der Waals surface area contributed by atoms with Crippen molar-refractivity contribution in [3.8, 4) is 11.4 Å². The summed E-state index contributed by atoms with van der Waals surface area (Å²) in [7, 11) is 0. The SMILES string of the molecule is C=CCNC(=O)C(C)Sc1nnc(-c2ccoc2C)n1Cc1ccccc1. The summed E-state index contributed by atoms with van der Waals surface area (Å²) < 4.78 is 7.46. The van der Waals surface area contributed by atoms with Crippen molar-refractivity contribution >= 4 is 17.7 Å². The molecule has 0 saturated carbocycles. The fraction of sp³-hybridized carbons (Fsp3) is 0.250. The molecule has 1 N–H and O–H groups in total. The van der Waals surface area contributed by atoms with E-state index in [9.17, 15) is 4.79 Å². The molecule has 0 saturated heterocycles. The minimum atomic E-state index is -0.304.